The van der Waals surface area contributed by atoms with E-state index in [4.69, 9.17) is 4.74 Å². The number of hydrogen-bond acceptors (Lipinski definition) is 6. The zero-order valence-corrected chi connectivity index (χ0v) is 14.3. The van der Waals surface area contributed by atoms with Crippen molar-refractivity contribution in [2.45, 2.75) is 18.9 Å². The number of anilines is 1. The molecule has 2 unspecified atom stereocenters. The van der Waals surface area contributed by atoms with E-state index in [2.05, 4.69) is 9.71 Å². The fraction of sp³-hybridized carbons (Fsp3) is 0.375. The van der Waals surface area contributed by atoms with Gasteiger partial charge in [0.1, 0.15) is 30.1 Å². The monoisotopic (exact) mass is 381 g/mol. The molecule has 26 heavy (non-hydrogen) atoms. The van der Waals surface area contributed by atoms with E-state index >= 15 is 0 Å². The third-order valence-electron chi connectivity index (χ3n) is 4.36. The van der Waals surface area contributed by atoms with Crippen molar-refractivity contribution in [1.82, 2.24) is 9.71 Å². The number of aliphatic hydroxyl groups is 1. The summed E-state index contributed by atoms with van der Waals surface area (Å²) in [4.78, 5) is 15.5. The first-order chi connectivity index (χ1) is 12.4. The number of halogens is 1. The van der Waals surface area contributed by atoms with Crippen LogP contribution in [0.15, 0.2) is 18.2 Å². The van der Waals surface area contributed by atoms with Gasteiger partial charge >= 0.3 is 0 Å². The Morgan fingerprint density at radius 2 is 2.23 bits per heavy atom. The van der Waals surface area contributed by atoms with Crippen LogP contribution in [0.4, 0.5) is 10.1 Å². The third-order valence-corrected chi connectivity index (χ3v) is 5.47. The van der Waals surface area contributed by atoms with Gasteiger partial charge in [0.15, 0.2) is 5.82 Å². The fourth-order valence-corrected chi connectivity index (χ4v) is 3.77. The molecule has 1 aromatic carbocycles. The number of phenolic OH excluding ortho intramolecular Hbond substituents is 1. The number of benzene rings is 1. The van der Waals surface area contributed by atoms with E-state index in [9.17, 15) is 23.6 Å². The lowest BCUT2D eigenvalue weighted by Gasteiger charge is -2.17. The molecule has 0 radical (unpaired) electrons. The number of amides is 1. The zero-order valence-electron chi connectivity index (χ0n) is 13.5. The first-order valence-corrected chi connectivity index (χ1v) is 9.16. The standard InChI is InChI=1S/C16H16FN3O5S/c17-14-15-9(3-4-13(18-15)25-7-11(22)8-1-2-8)5-10(21)16(14)20-6-12(23)19-26(20)24/h3-5,8,11,21-22H,1-2,6-7H2,(H,19,23). The average molecular weight is 381 g/mol. The highest BCUT2D eigenvalue weighted by Crippen LogP contribution is 2.37. The van der Waals surface area contributed by atoms with Gasteiger partial charge in [0, 0.05) is 11.5 Å². The van der Waals surface area contributed by atoms with Gasteiger partial charge in [0.2, 0.25) is 17.1 Å². The van der Waals surface area contributed by atoms with Gasteiger partial charge in [-0.15, -0.1) is 0 Å². The molecule has 1 aliphatic carbocycles. The second-order valence-corrected chi connectivity index (χ2v) is 7.45. The Kier molecular flexibility index (Phi) is 4.16. The Labute approximate surface area is 150 Å². The van der Waals surface area contributed by atoms with Crippen molar-refractivity contribution in [2.24, 2.45) is 5.92 Å². The van der Waals surface area contributed by atoms with Crippen LogP contribution in [-0.4, -0.2) is 44.6 Å². The van der Waals surface area contributed by atoms with Crippen LogP contribution in [0, 0.1) is 11.7 Å². The number of phenols is 1. The molecule has 0 bridgehead atoms. The molecule has 2 aromatic rings. The lowest BCUT2D eigenvalue weighted by Crippen LogP contribution is -2.23. The largest absolute Gasteiger partial charge is 0.506 e. The summed E-state index contributed by atoms with van der Waals surface area (Å²) in [7, 11) is 0. The van der Waals surface area contributed by atoms with Crippen LogP contribution in [-0.2, 0) is 16.0 Å². The first kappa shape index (κ1) is 17.0. The predicted octanol–water partition coefficient (Wildman–Crippen LogP) is 0.744. The lowest BCUT2D eigenvalue weighted by atomic mass is 10.1. The quantitative estimate of drug-likeness (QED) is 0.705. The fourth-order valence-electron chi connectivity index (χ4n) is 2.83. The van der Waals surface area contributed by atoms with Crippen molar-refractivity contribution >= 4 is 33.7 Å². The second-order valence-electron chi connectivity index (χ2n) is 6.31. The van der Waals surface area contributed by atoms with E-state index in [1.165, 1.54) is 18.2 Å². The molecular formula is C16H16FN3O5S. The molecule has 1 amide bonds. The SMILES string of the molecule is O=C1CN(c2c(O)cc3ccc(OCC(O)C4CC4)nc3c2F)S(=O)N1. The number of aliphatic hydroxyl groups excluding tert-OH is 1. The molecule has 3 N–H and O–H groups in total. The molecule has 4 rings (SSSR count). The van der Waals surface area contributed by atoms with Crippen molar-refractivity contribution in [1.29, 1.82) is 0 Å². The lowest BCUT2D eigenvalue weighted by molar-refractivity contribution is -0.117. The minimum atomic E-state index is -1.98. The number of nitrogens with one attached hydrogen (secondary N) is 1. The summed E-state index contributed by atoms with van der Waals surface area (Å²) in [5, 5.41) is 20.3. The van der Waals surface area contributed by atoms with E-state index in [1.807, 2.05) is 0 Å². The number of fused-ring (bicyclic) bond motifs is 1. The Balaban J connectivity index is 1.67. The number of pyridine rings is 1. The Morgan fingerprint density at radius 1 is 1.46 bits per heavy atom. The number of carbonyl (C=O) groups is 1. The Hall–Kier alpha value is -2.46. The van der Waals surface area contributed by atoms with Crippen LogP contribution >= 0.6 is 0 Å². The molecule has 2 aliphatic rings. The molecule has 138 valence electrons. The van der Waals surface area contributed by atoms with Crippen LogP contribution in [0.5, 0.6) is 11.6 Å². The summed E-state index contributed by atoms with van der Waals surface area (Å²) in [5.74, 6) is -1.52. The average Bonchev–Trinajstić information content (AvgIpc) is 3.39. The highest BCUT2D eigenvalue weighted by atomic mass is 32.2. The van der Waals surface area contributed by atoms with Gasteiger partial charge in [0.05, 0.1) is 6.10 Å². The summed E-state index contributed by atoms with van der Waals surface area (Å²) < 4.78 is 35.4. The number of ether oxygens (including phenoxy) is 1. The molecule has 1 aliphatic heterocycles. The maximum Gasteiger partial charge on any atom is 0.253 e. The molecule has 1 aromatic heterocycles. The van der Waals surface area contributed by atoms with Crippen LogP contribution in [0.25, 0.3) is 10.9 Å². The Bertz CT molecular complexity index is 920. The number of nitrogens with zero attached hydrogens (tertiary/aromatic N) is 2. The molecule has 2 heterocycles. The van der Waals surface area contributed by atoms with Gasteiger partial charge < -0.3 is 14.9 Å². The molecule has 0 spiro atoms. The van der Waals surface area contributed by atoms with Crippen LogP contribution < -0.4 is 13.8 Å². The van der Waals surface area contributed by atoms with E-state index < -0.39 is 34.7 Å². The molecular weight excluding hydrogens is 365 g/mol. The summed E-state index contributed by atoms with van der Waals surface area (Å²) in [6.07, 6.45) is 1.34. The molecule has 8 nitrogen and oxygen atoms in total. The van der Waals surface area contributed by atoms with E-state index in [-0.39, 0.29) is 36.2 Å². The summed E-state index contributed by atoms with van der Waals surface area (Å²) in [6, 6.07) is 4.32. The van der Waals surface area contributed by atoms with E-state index in [0.29, 0.717) is 5.39 Å². The molecule has 2 atom stereocenters. The number of rotatable bonds is 5. The van der Waals surface area contributed by atoms with Crippen molar-refractivity contribution < 1.29 is 28.3 Å². The second kappa shape index (κ2) is 6.36. The highest BCUT2D eigenvalue weighted by Gasteiger charge is 2.33. The summed E-state index contributed by atoms with van der Waals surface area (Å²) in [6.45, 7) is -0.281. The number of aromatic hydroxyl groups is 1. The normalized spacial score (nSPS) is 21.1. The minimum absolute atomic E-state index is 0.0598. The number of hydrogen-bond donors (Lipinski definition) is 3. The third kappa shape index (κ3) is 3.06. The van der Waals surface area contributed by atoms with Gasteiger partial charge in [-0.3, -0.25) is 13.8 Å². The summed E-state index contributed by atoms with van der Waals surface area (Å²) >= 11 is -1.98. The summed E-state index contributed by atoms with van der Waals surface area (Å²) in [5.41, 5.74) is -0.454. The van der Waals surface area contributed by atoms with E-state index in [1.54, 1.807) is 0 Å². The van der Waals surface area contributed by atoms with Gasteiger partial charge in [-0.2, -0.15) is 0 Å². The molecule has 1 saturated carbocycles. The van der Waals surface area contributed by atoms with Crippen molar-refractivity contribution in [2.75, 3.05) is 17.5 Å². The first-order valence-electron chi connectivity index (χ1n) is 8.06. The maximum atomic E-state index is 15.0. The molecule has 1 saturated heterocycles. The van der Waals surface area contributed by atoms with E-state index in [0.717, 1.165) is 17.1 Å². The van der Waals surface area contributed by atoms with Gasteiger partial charge in [-0.1, -0.05) is 0 Å². The number of carbonyl (C=O) groups excluding carboxylic acids is 1. The molecule has 2 fully saturated rings. The van der Waals surface area contributed by atoms with Crippen LogP contribution in [0.3, 0.4) is 0 Å². The smallest absolute Gasteiger partial charge is 0.253 e. The van der Waals surface area contributed by atoms with Crippen molar-refractivity contribution in [3.63, 3.8) is 0 Å². The van der Waals surface area contributed by atoms with Crippen molar-refractivity contribution in [3.05, 3.63) is 24.0 Å². The highest BCUT2D eigenvalue weighted by molar-refractivity contribution is 7.85. The van der Waals surface area contributed by atoms with Gasteiger partial charge in [0.25, 0.3) is 5.91 Å². The zero-order chi connectivity index (χ0) is 18.4. The van der Waals surface area contributed by atoms with Crippen LogP contribution in [0.2, 0.25) is 0 Å². The van der Waals surface area contributed by atoms with Crippen LogP contribution in [0.1, 0.15) is 12.8 Å². The van der Waals surface area contributed by atoms with Gasteiger partial charge in [-0.25, -0.2) is 13.6 Å². The topological polar surface area (TPSA) is 112 Å². The van der Waals surface area contributed by atoms with Gasteiger partial charge in [-0.05, 0) is 30.9 Å². The Morgan fingerprint density at radius 3 is 2.88 bits per heavy atom. The number of aromatic nitrogens is 1. The predicted molar refractivity (Wildman–Crippen MR) is 91.2 cm³/mol. The minimum Gasteiger partial charge on any atom is -0.506 e. The van der Waals surface area contributed by atoms with Crippen molar-refractivity contribution in [3.8, 4) is 11.6 Å². The molecule has 10 heteroatoms. The maximum absolute atomic E-state index is 15.0.